The fourth-order valence-electron chi connectivity index (χ4n) is 7.29. The highest BCUT2D eigenvalue weighted by atomic mass is 16.5. The smallest absolute Gasteiger partial charge is 0.330 e. The Bertz CT molecular complexity index is 2140. The third-order valence-electron chi connectivity index (χ3n) is 11.1. The molecule has 0 radical (unpaired) electrons. The van der Waals surface area contributed by atoms with Crippen molar-refractivity contribution in [2.45, 2.75) is 110 Å². The minimum Gasteiger partial charge on any atom is -0.494 e. The summed E-state index contributed by atoms with van der Waals surface area (Å²) in [6, 6.07) is 39.8. The van der Waals surface area contributed by atoms with Crippen LogP contribution in [-0.4, -0.2) is 38.4 Å². The van der Waals surface area contributed by atoms with Crippen molar-refractivity contribution < 1.29 is 38.0 Å². The number of esters is 2. The molecule has 8 heteroatoms. The number of carbonyl (C=O) groups is 2. The molecular formula is C57H68O8. The first-order chi connectivity index (χ1) is 31.9. The van der Waals surface area contributed by atoms with Crippen LogP contribution in [0.1, 0.15) is 107 Å². The third kappa shape index (κ3) is 18.8. The van der Waals surface area contributed by atoms with Crippen LogP contribution in [0.2, 0.25) is 0 Å². The molecule has 8 nitrogen and oxygen atoms in total. The maximum Gasteiger partial charge on any atom is 0.330 e. The van der Waals surface area contributed by atoms with Gasteiger partial charge in [-0.3, -0.25) is 0 Å². The lowest BCUT2D eigenvalue weighted by Gasteiger charge is -2.15. The molecule has 0 N–H and O–H groups in total. The summed E-state index contributed by atoms with van der Waals surface area (Å²) < 4.78 is 34.8. The van der Waals surface area contributed by atoms with E-state index in [0.29, 0.717) is 39.6 Å². The van der Waals surface area contributed by atoms with Gasteiger partial charge in [0.1, 0.15) is 24.7 Å². The molecule has 0 aromatic heterocycles. The summed E-state index contributed by atoms with van der Waals surface area (Å²) in [7, 11) is 0. The Hall–Kier alpha value is -6.28. The Balaban J connectivity index is 1.01. The van der Waals surface area contributed by atoms with Gasteiger partial charge < -0.3 is 28.4 Å². The molecule has 0 aliphatic heterocycles. The first kappa shape index (κ1) is 49.7. The van der Waals surface area contributed by atoms with Crippen LogP contribution in [0.3, 0.4) is 0 Å². The molecule has 0 unspecified atom stereocenters. The van der Waals surface area contributed by atoms with E-state index in [4.69, 9.17) is 28.4 Å². The average molecular weight is 881 g/mol. The minimum atomic E-state index is -0.350. The third-order valence-corrected chi connectivity index (χ3v) is 11.1. The largest absolute Gasteiger partial charge is 0.494 e. The van der Waals surface area contributed by atoms with Gasteiger partial charge in [-0.05, 0) is 107 Å². The summed E-state index contributed by atoms with van der Waals surface area (Å²) in [6.45, 7) is 12.2. The quantitative estimate of drug-likeness (QED) is 0.0240. The van der Waals surface area contributed by atoms with E-state index in [1.807, 2.05) is 30.3 Å². The summed E-state index contributed by atoms with van der Waals surface area (Å²) in [5.41, 5.74) is 7.93. The zero-order valence-electron chi connectivity index (χ0n) is 38.4. The van der Waals surface area contributed by atoms with Gasteiger partial charge in [-0.25, -0.2) is 9.59 Å². The van der Waals surface area contributed by atoms with Crippen LogP contribution in [0.15, 0.2) is 141 Å². The topological polar surface area (TPSA) is 89.5 Å². The Kier molecular flexibility index (Phi) is 22.4. The number of carbonyl (C=O) groups excluding carboxylic acids is 2. The Morgan fingerprint density at radius 2 is 0.769 bits per heavy atom. The molecule has 5 aromatic rings. The molecule has 0 saturated heterocycles. The number of ether oxygens (including phenoxy) is 6. The molecule has 0 amide bonds. The minimum absolute atomic E-state index is 0.350. The van der Waals surface area contributed by atoms with E-state index in [2.05, 4.69) is 105 Å². The molecule has 344 valence electrons. The monoisotopic (exact) mass is 880 g/mol. The van der Waals surface area contributed by atoms with Crippen LogP contribution in [0, 0.1) is 0 Å². The Labute approximate surface area is 387 Å². The van der Waals surface area contributed by atoms with E-state index < -0.39 is 0 Å². The molecule has 0 spiro atoms. The molecule has 5 aromatic carbocycles. The summed E-state index contributed by atoms with van der Waals surface area (Å²) in [4.78, 5) is 22.2. The SMILES string of the molecule is C=CC(=O)OCCCCCCCCOc1ccc(-c2ccc(COc3ccc(CCC)cc3OCc3ccc(-c4ccc(OCCCCCCCCOC(=O)C=C)cc4)cc3)cc2)cc1. The van der Waals surface area contributed by atoms with Gasteiger partial charge in [-0.15, -0.1) is 0 Å². The van der Waals surface area contributed by atoms with Crippen molar-refractivity contribution in [3.63, 3.8) is 0 Å². The number of hydrogen-bond acceptors (Lipinski definition) is 8. The van der Waals surface area contributed by atoms with Crippen LogP contribution in [0.4, 0.5) is 0 Å². The zero-order chi connectivity index (χ0) is 45.7. The van der Waals surface area contributed by atoms with Crippen LogP contribution >= 0.6 is 0 Å². The van der Waals surface area contributed by atoms with Crippen molar-refractivity contribution in [3.05, 3.63) is 157 Å². The molecule has 0 heterocycles. The number of benzene rings is 5. The normalized spacial score (nSPS) is 10.8. The van der Waals surface area contributed by atoms with E-state index in [9.17, 15) is 9.59 Å². The first-order valence-corrected chi connectivity index (χ1v) is 23.6. The highest BCUT2D eigenvalue weighted by Crippen LogP contribution is 2.32. The lowest BCUT2D eigenvalue weighted by atomic mass is 10.0. The van der Waals surface area contributed by atoms with Gasteiger partial charge in [-0.2, -0.15) is 0 Å². The van der Waals surface area contributed by atoms with E-state index in [0.717, 1.165) is 146 Å². The molecular weight excluding hydrogens is 813 g/mol. The second kappa shape index (κ2) is 29.2. The maximum atomic E-state index is 11.1. The summed E-state index contributed by atoms with van der Waals surface area (Å²) in [5.74, 6) is 2.54. The number of hydrogen-bond donors (Lipinski definition) is 0. The molecule has 0 fully saturated rings. The number of rotatable bonds is 32. The van der Waals surface area contributed by atoms with Gasteiger partial charge in [-0.1, -0.05) is 157 Å². The predicted octanol–water partition coefficient (Wildman–Crippen LogP) is 14.0. The summed E-state index contributed by atoms with van der Waals surface area (Å²) >= 11 is 0. The van der Waals surface area contributed by atoms with Gasteiger partial charge in [0.15, 0.2) is 11.5 Å². The maximum absolute atomic E-state index is 11.1. The van der Waals surface area contributed by atoms with Crippen molar-refractivity contribution in [3.8, 4) is 45.3 Å². The van der Waals surface area contributed by atoms with Crippen molar-refractivity contribution in [1.29, 1.82) is 0 Å². The van der Waals surface area contributed by atoms with Crippen molar-refractivity contribution in [2.24, 2.45) is 0 Å². The molecule has 0 aliphatic rings. The molecule has 0 aliphatic carbocycles. The van der Waals surface area contributed by atoms with Crippen LogP contribution in [0.25, 0.3) is 22.3 Å². The van der Waals surface area contributed by atoms with Crippen molar-refractivity contribution in [1.82, 2.24) is 0 Å². The standard InChI is InChI=1S/C57H68O8/c1-4-19-45-24-37-54(64-43-46-20-25-48(26-21-46)50-29-33-52(34-30-50)60-38-15-11-7-9-13-17-40-62-56(58)5-2)55(42-45)65-44-47-22-27-49(28-23-47)51-31-35-53(36-32-51)61-39-16-12-8-10-14-18-41-63-57(59)6-3/h5-6,20-37,42H,2-4,7-19,38-41,43-44H2,1H3. The van der Waals surface area contributed by atoms with Gasteiger partial charge in [0.2, 0.25) is 0 Å². The van der Waals surface area contributed by atoms with Gasteiger partial charge in [0, 0.05) is 12.2 Å². The van der Waals surface area contributed by atoms with E-state index >= 15 is 0 Å². The van der Waals surface area contributed by atoms with Crippen LogP contribution in [0.5, 0.6) is 23.0 Å². The lowest BCUT2D eigenvalue weighted by molar-refractivity contribution is -0.138. The van der Waals surface area contributed by atoms with Gasteiger partial charge in [0.25, 0.3) is 0 Å². The molecule has 65 heavy (non-hydrogen) atoms. The molecule has 0 atom stereocenters. The van der Waals surface area contributed by atoms with Gasteiger partial charge in [0.05, 0.1) is 26.4 Å². The van der Waals surface area contributed by atoms with Crippen molar-refractivity contribution >= 4 is 11.9 Å². The Morgan fingerprint density at radius 1 is 0.415 bits per heavy atom. The molecule has 0 saturated carbocycles. The van der Waals surface area contributed by atoms with Crippen LogP contribution < -0.4 is 18.9 Å². The second-order valence-corrected chi connectivity index (χ2v) is 16.2. The van der Waals surface area contributed by atoms with Crippen LogP contribution in [-0.2, 0) is 38.7 Å². The fourth-order valence-corrected chi connectivity index (χ4v) is 7.29. The highest BCUT2D eigenvalue weighted by Gasteiger charge is 2.10. The number of unbranched alkanes of at least 4 members (excludes halogenated alkanes) is 10. The van der Waals surface area contributed by atoms with Gasteiger partial charge >= 0.3 is 11.9 Å². The first-order valence-electron chi connectivity index (χ1n) is 23.6. The van der Waals surface area contributed by atoms with Crippen molar-refractivity contribution in [2.75, 3.05) is 26.4 Å². The molecule has 5 rings (SSSR count). The second-order valence-electron chi connectivity index (χ2n) is 16.2. The molecule has 0 bridgehead atoms. The highest BCUT2D eigenvalue weighted by molar-refractivity contribution is 5.81. The van der Waals surface area contributed by atoms with E-state index in [1.54, 1.807) is 0 Å². The Morgan fingerprint density at radius 3 is 1.17 bits per heavy atom. The zero-order valence-corrected chi connectivity index (χ0v) is 38.4. The predicted molar refractivity (Wildman–Crippen MR) is 262 cm³/mol. The summed E-state index contributed by atoms with van der Waals surface area (Å²) in [6.07, 6.45) is 17.2. The van der Waals surface area contributed by atoms with E-state index in [1.165, 1.54) is 17.7 Å². The van der Waals surface area contributed by atoms with E-state index in [-0.39, 0.29) is 11.9 Å². The lowest BCUT2D eigenvalue weighted by Crippen LogP contribution is -2.01. The number of aryl methyl sites for hydroxylation is 1. The summed E-state index contributed by atoms with van der Waals surface area (Å²) in [5, 5.41) is 0. The fraction of sp³-hybridized carbons (Fsp3) is 0.368. The average Bonchev–Trinajstić information content (AvgIpc) is 3.34.